The summed E-state index contributed by atoms with van der Waals surface area (Å²) in [6.45, 7) is 0. The number of para-hydroxylation sites is 2. The Hall–Kier alpha value is -7.62. The second kappa shape index (κ2) is 13.6. The molecule has 0 aliphatic heterocycles. The molecule has 0 aliphatic carbocycles. The van der Waals surface area contributed by atoms with Gasteiger partial charge >= 0.3 is 0 Å². The van der Waals surface area contributed by atoms with Crippen LogP contribution in [0.4, 0.5) is 0 Å². The molecule has 0 unspecified atom stereocenters. The van der Waals surface area contributed by atoms with Crippen molar-refractivity contribution in [3.05, 3.63) is 206 Å². The quantitative estimate of drug-likeness (QED) is 0.171. The van der Waals surface area contributed by atoms with Gasteiger partial charge in [-0.1, -0.05) is 170 Å². The minimum atomic E-state index is 0.674. The van der Waals surface area contributed by atoms with Crippen LogP contribution >= 0.6 is 0 Å². The molecule has 0 aliphatic rings. The first-order valence-electron chi connectivity index (χ1n) is 19.3. The van der Waals surface area contributed by atoms with E-state index in [1.165, 1.54) is 21.5 Å². The van der Waals surface area contributed by atoms with Crippen LogP contribution in [0.25, 0.3) is 111 Å². The highest BCUT2D eigenvalue weighted by atomic mass is 16.3. The smallest absolute Gasteiger partial charge is 0.160 e. The van der Waals surface area contributed by atoms with Crippen molar-refractivity contribution in [2.24, 2.45) is 0 Å². The zero-order valence-electron chi connectivity index (χ0n) is 30.9. The van der Waals surface area contributed by atoms with Gasteiger partial charge in [-0.05, 0) is 85.8 Å². The third-order valence-electron chi connectivity index (χ3n) is 11.1. The van der Waals surface area contributed by atoms with Gasteiger partial charge in [-0.2, -0.15) is 0 Å². The SMILES string of the molecule is c1ccc(-c2nc(-c3cc(-c4cccc5ccccc45)cc(-c4cccc5c4oc4ccccc45)c3)cc(-c3ccccc3-c3ccc4ccccc4c3)n2)cc1. The maximum absolute atomic E-state index is 6.61. The minimum Gasteiger partial charge on any atom is -0.455 e. The third-order valence-corrected chi connectivity index (χ3v) is 11.1. The molecule has 11 aromatic rings. The number of fused-ring (bicyclic) bond motifs is 5. The topological polar surface area (TPSA) is 38.9 Å². The van der Waals surface area contributed by atoms with Gasteiger partial charge in [0.25, 0.3) is 0 Å². The number of furan rings is 1. The predicted molar refractivity (Wildman–Crippen MR) is 237 cm³/mol. The summed E-state index contributed by atoms with van der Waals surface area (Å²) < 4.78 is 6.61. The van der Waals surface area contributed by atoms with Crippen molar-refractivity contribution in [3.8, 4) is 67.3 Å². The second-order valence-electron chi connectivity index (χ2n) is 14.5. The number of aromatic nitrogens is 2. The van der Waals surface area contributed by atoms with E-state index >= 15 is 0 Å². The number of rotatable bonds is 6. The first-order valence-corrected chi connectivity index (χ1v) is 19.3. The largest absolute Gasteiger partial charge is 0.455 e. The van der Waals surface area contributed by atoms with Crippen LogP contribution in [0.1, 0.15) is 0 Å². The fourth-order valence-electron chi connectivity index (χ4n) is 8.30. The van der Waals surface area contributed by atoms with Crippen molar-refractivity contribution in [2.75, 3.05) is 0 Å². The molecule has 3 heteroatoms. The lowest BCUT2D eigenvalue weighted by molar-refractivity contribution is 0.670. The van der Waals surface area contributed by atoms with Crippen molar-refractivity contribution in [1.29, 1.82) is 0 Å². The molecule has 0 N–H and O–H groups in total. The molecule has 0 bridgehead atoms. The van der Waals surface area contributed by atoms with Crippen LogP contribution < -0.4 is 0 Å². The number of nitrogens with zero attached hydrogens (tertiary/aromatic N) is 2. The van der Waals surface area contributed by atoms with E-state index in [-0.39, 0.29) is 0 Å². The summed E-state index contributed by atoms with van der Waals surface area (Å²) in [5.74, 6) is 0.674. The predicted octanol–water partition coefficient (Wildman–Crippen LogP) is 14.7. The van der Waals surface area contributed by atoms with Crippen LogP contribution in [0, 0.1) is 0 Å². The molecule has 0 amide bonds. The second-order valence-corrected chi connectivity index (χ2v) is 14.5. The van der Waals surface area contributed by atoms with Gasteiger partial charge in [0.2, 0.25) is 0 Å². The van der Waals surface area contributed by atoms with Crippen LogP contribution in [-0.4, -0.2) is 9.97 Å². The summed E-state index contributed by atoms with van der Waals surface area (Å²) in [4.78, 5) is 10.6. The van der Waals surface area contributed by atoms with Crippen molar-refractivity contribution >= 4 is 43.5 Å². The zero-order valence-corrected chi connectivity index (χ0v) is 30.9. The van der Waals surface area contributed by atoms with Crippen LogP contribution in [0.3, 0.4) is 0 Å². The maximum Gasteiger partial charge on any atom is 0.160 e. The van der Waals surface area contributed by atoms with E-state index in [4.69, 9.17) is 14.4 Å². The lowest BCUT2D eigenvalue weighted by Crippen LogP contribution is -1.97. The van der Waals surface area contributed by atoms with Crippen molar-refractivity contribution < 1.29 is 4.42 Å². The third kappa shape index (κ3) is 5.85. The first kappa shape index (κ1) is 32.8. The summed E-state index contributed by atoms with van der Waals surface area (Å²) in [5, 5.41) is 7.02. The van der Waals surface area contributed by atoms with Gasteiger partial charge in [-0.3, -0.25) is 0 Å². The Balaban J connectivity index is 1.17. The number of hydrogen-bond acceptors (Lipinski definition) is 3. The van der Waals surface area contributed by atoms with E-state index in [2.05, 4.69) is 176 Å². The van der Waals surface area contributed by atoms with E-state index < -0.39 is 0 Å². The van der Waals surface area contributed by atoms with Crippen LogP contribution in [0.2, 0.25) is 0 Å². The van der Waals surface area contributed by atoms with E-state index in [0.29, 0.717) is 5.82 Å². The van der Waals surface area contributed by atoms with Crippen molar-refractivity contribution in [2.45, 2.75) is 0 Å². The summed E-state index contributed by atoms with van der Waals surface area (Å²) in [7, 11) is 0. The lowest BCUT2D eigenvalue weighted by atomic mass is 9.91. The Morgan fingerprint density at radius 1 is 0.298 bits per heavy atom. The highest BCUT2D eigenvalue weighted by Gasteiger charge is 2.18. The van der Waals surface area contributed by atoms with Gasteiger partial charge in [0.05, 0.1) is 11.4 Å². The highest BCUT2D eigenvalue weighted by molar-refractivity contribution is 6.10. The minimum absolute atomic E-state index is 0.674. The summed E-state index contributed by atoms with van der Waals surface area (Å²) in [6.07, 6.45) is 0. The molecular formula is C54H34N2O. The molecule has 3 nitrogen and oxygen atoms in total. The Morgan fingerprint density at radius 3 is 1.77 bits per heavy atom. The first-order chi connectivity index (χ1) is 28.2. The Bertz CT molecular complexity index is 3300. The fourth-order valence-corrected chi connectivity index (χ4v) is 8.30. The molecule has 0 saturated heterocycles. The molecule has 266 valence electrons. The average Bonchev–Trinajstić information content (AvgIpc) is 3.68. The standard InChI is InChI=1S/C54H34N2O/c1-2-16-37(17-3-1)54-55-50(34-51(56-54)47-22-9-8-21-44(47)39-29-28-35-14-4-5-18-38(35)30-39)42-32-40(45-24-12-19-36-15-6-7-20-43(36)45)31-41(33-42)46-25-13-26-49-48-23-10-11-27-52(48)57-53(46)49/h1-34H. The number of hydrogen-bond donors (Lipinski definition) is 0. The van der Waals surface area contributed by atoms with E-state index in [1.807, 2.05) is 30.3 Å². The summed E-state index contributed by atoms with van der Waals surface area (Å²) in [5.41, 5.74) is 13.1. The maximum atomic E-state index is 6.61. The van der Waals surface area contributed by atoms with Crippen molar-refractivity contribution in [3.63, 3.8) is 0 Å². The zero-order chi connectivity index (χ0) is 37.7. The molecule has 0 radical (unpaired) electrons. The van der Waals surface area contributed by atoms with Gasteiger partial charge in [-0.25, -0.2) is 9.97 Å². The normalized spacial score (nSPS) is 11.5. The Morgan fingerprint density at radius 2 is 0.895 bits per heavy atom. The van der Waals surface area contributed by atoms with Crippen LogP contribution in [0.15, 0.2) is 211 Å². The molecule has 2 heterocycles. The fraction of sp³-hybridized carbons (Fsp3) is 0. The van der Waals surface area contributed by atoms with Crippen LogP contribution in [0.5, 0.6) is 0 Å². The molecule has 2 aromatic heterocycles. The molecule has 11 rings (SSSR count). The molecule has 0 atom stereocenters. The van der Waals surface area contributed by atoms with E-state index in [0.717, 1.165) is 83.4 Å². The number of benzene rings is 9. The molecule has 9 aromatic carbocycles. The molecular weight excluding hydrogens is 693 g/mol. The van der Waals surface area contributed by atoms with Gasteiger partial charge in [0.1, 0.15) is 11.2 Å². The molecule has 0 fully saturated rings. The Kier molecular flexibility index (Phi) is 7.82. The average molecular weight is 727 g/mol. The van der Waals surface area contributed by atoms with Crippen molar-refractivity contribution in [1.82, 2.24) is 9.97 Å². The monoisotopic (exact) mass is 726 g/mol. The van der Waals surface area contributed by atoms with Gasteiger partial charge in [0.15, 0.2) is 5.82 Å². The highest BCUT2D eigenvalue weighted by Crippen LogP contribution is 2.41. The van der Waals surface area contributed by atoms with Gasteiger partial charge < -0.3 is 4.42 Å². The van der Waals surface area contributed by atoms with Crippen LogP contribution in [-0.2, 0) is 0 Å². The molecule has 0 saturated carbocycles. The summed E-state index contributed by atoms with van der Waals surface area (Å²) >= 11 is 0. The summed E-state index contributed by atoms with van der Waals surface area (Å²) in [6, 6.07) is 72.8. The van der Waals surface area contributed by atoms with E-state index in [1.54, 1.807) is 0 Å². The van der Waals surface area contributed by atoms with Gasteiger partial charge in [-0.15, -0.1) is 0 Å². The lowest BCUT2D eigenvalue weighted by Gasteiger charge is -2.15. The van der Waals surface area contributed by atoms with Gasteiger partial charge in [0, 0.05) is 33.0 Å². The molecule has 57 heavy (non-hydrogen) atoms. The Labute approximate surface area is 330 Å². The van der Waals surface area contributed by atoms with E-state index in [9.17, 15) is 0 Å². The molecule has 0 spiro atoms.